The number of rotatable bonds is 7. The number of ketones is 1. The zero-order chi connectivity index (χ0) is 21.2. The number of amides is 1. The number of nitrogens with zero attached hydrogens (tertiary/aromatic N) is 1. The molecule has 1 aromatic carbocycles. The third-order valence-corrected chi connectivity index (χ3v) is 6.62. The summed E-state index contributed by atoms with van der Waals surface area (Å²) in [5.74, 6) is -1.01. The number of phenolic OH excluding ortho intramolecular Hbond substituents is 1. The Balaban J connectivity index is 2.41. The van der Waals surface area contributed by atoms with Gasteiger partial charge >= 0.3 is 0 Å². The molecule has 0 radical (unpaired) electrons. The Labute approximate surface area is 164 Å². The summed E-state index contributed by atoms with van der Waals surface area (Å²) in [6.07, 6.45) is 0. The molecule has 28 heavy (non-hydrogen) atoms. The summed E-state index contributed by atoms with van der Waals surface area (Å²) in [7, 11) is -3.74. The second-order valence-corrected chi connectivity index (χ2v) is 8.34. The second kappa shape index (κ2) is 8.15. The zero-order valence-corrected chi connectivity index (χ0v) is 17.4. The highest BCUT2D eigenvalue weighted by molar-refractivity contribution is 7.89. The van der Waals surface area contributed by atoms with Crippen LogP contribution >= 0.6 is 0 Å². The molecule has 0 fully saturated rings. The van der Waals surface area contributed by atoms with Gasteiger partial charge in [-0.25, -0.2) is 8.42 Å². The molecular weight excluding hydrogens is 382 g/mol. The molecule has 1 amide bonds. The Hall–Kier alpha value is -2.65. The summed E-state index contributed by atoms with van der Waals surface area (Å²) in [4.78, 5) is 27.2. The van der Waals surface area contributed by atoms with Crippen molar-refractivity contribution in [2.24, 2.45) is 0 Å². The average molecular weight is 407 g/mol. The highest BCUT2D eigenvalue weighted by Crippen LogP contribution is 2.29. The minimum atomic E-state index is -3.74. The van der Waals surface area contributed by atoms with E-state index in [2.05, 4.69) is 10.3 Å². The molecule has 2 aromatic rings. The molecule has 0 bridgehead atoms. The molecule has 9 heteroatoms. The van der Waals surface area contributed by atoms with Crippen molar-refractivity contribution in [1.82, 2.24) is 9.29 Å². The van der Waals surface area contributed by atoms with Crippen LogP contribution in [0.15, 0.2) is 23.1 Å². The number of carbonyl (C=O) groups excluding carboxylic acids is 2. The number of H-pyrrole nitrogens is 1. The van der Waals surface area contributed by atoms with E-state index >= 15 is 0 Å². The number of Topliss-reactive ketones (excluding diaryl/α,β-unsaturated/α-hetero) is 1. The Kier molecular flexibility index (Phi) is 6.30. The van der Waals surface area contributed by atoms with Crippen molar-refractivity contribution in [1.29, 1.82) is 0 Å². The fraction of sp³-hybridized carbons (Fsp3) is 0.368. The fourth-order valence-electron chi connectivity index (χ4n) is 3.18. The first-order valence-corrected chi connectivity index (χ1v) is 10.3. The van der Waals surface area contributed by atoms with Gasteiger partial charge in [0.05, 0.1) is 10.6 Å². The zero-order valence-electron chi connectivity index (χ0n) is 16.6. The maximum atomic E-state index is 12.7. The Morgan fingerprint density at radius 2 is 1.79 bits per heavy atom. The first-order valence-electron chi connectivity index (χ1n) is 8.89. The molecule has 1 aromatic heterocycles. The van der Waals surface area contributed by atoms with Crippen LogP contribution in [-0.2, 0) is 10.0 Å². The van der Waals surface area contributed by atoms with E-state index in [9.17, 15) is 23.1 Å². The van der Waals surface area contributed by atoms with Crippen LogP contribution in [0.5, 0.6) is 5.75 Å². The SMILES string of the molecule is CCN(CC)S(=O)(=O)c1ccc(O)c(NC(=O)c2[nH]c(C)c(C(C)=O)c2C)c1. The van der Waals surface area contributed by atoms with Crippen molar-refractivity contribution in [3.8, 4) is 5.75 Å². The first kappa shape index (κ1) is 21.6. The molecule has 0 saturated carbocycles. The molecule has 0 unspecified atom stereocenters. The van der Waals surface area contributed by atoms with E-state index in [-0.39, 0.29) is 27.8 Å². The molecule has 0 aliphatic heterocycles. The Morgan fingerprint density at radius 3 is 2.29 bits per heavy atom. The smallest absolute Gasteiger partial charge is 0.272 e. The van der Waals surface area contributed by atoms with Crippen molar-refractivity contribution in [3.63, 3.8) is 0 Å². The normalized spacial score (nSPS) is 11.6. The molecule has 0 aliphatic rings. The number of aromatic nitrogens is 1. The number of aryl methyl sites for hydroxylation is 1. The van der Waals surface area contributed by atoms with E-state index in [0.29, 0.717) is 29.9 Å². The van der Waals surface area contributed by atoms with Crippen molar-refractivity contribution in [3.05, 3.63) is 40.7 Å². The molecule has 0 aliphatic carbocycles. The largest absolute Gasteiger partial charge is 0.506 e. The molecule has 1 heterocycles. The summed E-state index contributed by atoms with van der Waals surface area (Å²) >= 11 is 0. The summed E-state index contributed by atoms with van der Waals surface area (Å²) in [5.41, 5.74) is 1.65. The maximum absolute atomic E-state index is 12.7. The van der Waals surface area contributed by atoms with Gasteiger partial charge in [0.1, 0.15) is 11.4 Å². The molecule has 0 spiro atoms. The average Bonchev–Trinajstić information content (AvgIpc) is 2.92. The van der Waals surface area contributed by atoms with E-state index in [0.717, 1.165) is 0 Å². The van der Waals surface area contributed by atoms with Crippen LogP contribution in [0, 0.1) is 13.8 Å². The van der Waals surface area contributed by atoms with Crippen LogP contribution < -0.4 is 5.32 Å². The highest BCUT2D eigenvalue weighted by Gasteiger charge is 2.24. The molecule has 152 valence electrons. The van der Waals surface area contributed by atoms with Crippen LogP contribution in [0.25, 0.3) is 0 Å². The van der Waals surface area contributed by atoms with Crippen molar-refractivity contribution in [2.75, 3.05) is 18.4 Å². The lowest BCUT2D eigenvalue weighted by Crippen LogP contribution is -2.30. The highest BCUT2D eigenvalue weighted by atomic mass is 32.2. The minimum Gasteiger partial charge on any atom is -0.506 e. The van der Waals surface area contributed by atoms with Gasteiger partial charge in [0.2, 0.25) is 10.0 Å². The van der Waals surface area contributed by atoms with E-state index in [1.165, 1.54) is 29.4 Å². The number of anilines is 1. The van der Waals surface area contributed by atoms with Gasteiger partial charge in [0.15, 0.2) is 5.78 Å². The summed E-state index contributed by atoms with van der Waals surface area (Å²) in [6.45, 7) is 8.82. The van der Waals surface area contributed by atoms with Gasteiger partial charge in [-0.15, -0.1) is 0 Å². The maximum Gasteiger partial charge on any atom is 0.272 e. The molecule has 8 nitrogen and oxygen atoms in total. The van der Waals surface area contributed by atoms with Gasteiger partial charge in [-0.1, -0.05) is 13.8 Å². The van der Waals surface area contributed by atoms with E-state index in [1.54, 1.807) is 27.7 Å². The van der Waals surface area contributed by atoms with E-state index in [4.69, 9.17) is 0 Å². The van der Waals surface area contributed by atoms with Crippen LogP contribution in [-0.4, -0.2) is 47.6 Å². The molecule has 2 rings (SSSR count). The number of hydrogen-bond acceptors (Lipinski definition) is 5. The summed E-state index contributed by atoms with van der Waals surface area (Å²) in [5, 5.41) is 12.6. The molecule has 0 atom stereocenters. The fourth-order valence-corrected chi connectivity index (χ4v) is 4.66. The topological polar surface area (TPSA) is 120 Å². The Bertz CT molecular complexity index is 1020. The number of aromatic amines is 1. The number of aromatic hydroxyl groups is 1. The number of hydrogen-bond donors (Lipinski definition) is 3. The van der Waals surface area contributed by atoms with E-state index in [1.807, 2.05) is 0 Å². The summed E-state index contributed by atoms with van der Waals surface area (Å²) < 4.78 is 26.6. The van der Waals surface area contributed by atoms with Gasteiger partial charge in [-0.2, -0.15) is 4.31 Å². The first-order chi connectivity index (χ1) is 13.0. The minimum absolute atomic E-state index is 0.0331. The number of benzene rings is 1. The second-order valence-electron chi connectivity index (χ2n) is 6.40. The van der Waals surface area contributed by atoms with Gasteiger partial charge in [-0.05, 0) is 44.5 Å². The van der Waals surface area contributed by atoms with Gasteiger partial charge in [0.25, 0.3) is 5.91 Å². The lowest BCUT2D eigenvalue weighted by atomic mass is 10.1. The van der Waals surface area contributed by atoms with Crippen LogP contribution in [0.2, 0.25) is 0 Å². The third-order valence-electron chi connectivity index (χ3n) is 4.58. The van der Waals surface area contributed by atoms with E-state index < -0.39 is 15.9 Å². The number of phenols is 1. The predicted molar refractivity (Wildman–Crippen MR) is 106 cm³/mol. The quantitative estimate of drug-likeness (QED) is 0.482. The van der Waals surface area contributed by atoms with Crippen molar-refractivity contribution < 1.29 is 23.1 Å². The molecule has 3 N–H and O–H groups in total. The molecule has 0 saturated heterocycles. The number of sulfonamides is 1. The number of nitrogens with one attached hydrogen (secondary N) is 2. The standard InChI is InChI=1S/C19H25N3O5S/c1-6-22(7-2)28(26,27)14-8-9-16(24)15(10-14)21-19(25)18-11(3)17(13(5)23)12(4)20-18/h8-10,20,24H,6-7H2,1-5H3,(H,21,25). The van der Waals surface area contributed by atoms with Crippen LogP contribution in [0.3, 0.4) is 0 Å². The summed E-state index contributed by atoms with van der Waals surface area (Å²) in [6, 6.07) is 3.73. The lowest BCUT2D eigenvalue weighted by molar-refractivity contribution is 0.101. The Morgan fingerprint density at radius 1 is 1.18 bits per heavy atom. The van der Waals surface area contributed by atoms with Gasteiger partial charge < -0.3 is 15.4 Å². The predicted octanol–water partition coefficient (Wildman–Crippen LogP) is 2.82. The monoisotopic (exact) mass is 407 g/mol. The van der Waals surface area contributed by atoms with Gasteiger partial charge in [0, 0.05) is 24.3 Å². The van der Waals surface area contributed by atoms with Crippen molar-refractivity contribution >= 4 is 27.4 Å². The lowest BCUT2D eigenvalue weighted by Gasteiger charge is -2.19. The number of carbonyl (C=O) groups is 2. The van der Waals surface area contributed by atoms with Crippen molar-refractivity contribution in [2.45, 2.75) is 39.5 Å². The van der Waals surface area contributed by atoms with Crippen LogP contribution in [0.1, 0.15) is 52.9 Å². The third kappa shape index (κ3) is 3.95. The van der Waals surface area contributed by atoms with Crippen LogP contribution in [0.4, 0.5) is 5.69 Å². The molecular formula is C19H25N3O5S. The van der Waals surface area contributed by atoms with Gasteiger partial charge in [-0.3, -0.25) is 9.59 Å².